The molecular weight excluding hydrogens is 384 g/mol. The van der Waals surface area contributed by atoms with E-state index >= 15 is 0 Å². The lowest BCUT2D eigenvalue weighted by Gasteiger charge is -2.37. The minimum Gasteiger partial charge on any atom is -0.345 e. The molecule has 0 radical (unpaired) electrons. The van der Waals surface area contributed by atoms with Crippen LogP contribution < -0.4 is 10.0 Å². The molecule has 3 rings (SSSR count). The molecule has 0 spiro atoms. The summed E-state index contributed by atoms with van der Waals surface area (Å²) in [6.45, 7) is 4.43. The quantitative estimate of drug-likeness (QED) is 0.796. The first-order valence-electron chi connectivity index (χ1n) is 8.74. The first kappa shape index (κ1) is 19.7. The summed E-state index contributed by atoms with van der Waals surface area (Å²) in [5.74, 6) is -0.261. The van der Waals surface area contributed by atoms with Crippen molar-refractivity contribution in [3.63, 3.8) is 0 Å². The Morgan fingerprint density at radius 3 is 2.59 bits per heavy atom. The van der Waals surface area contributed by atoms with Gasteiger partial charge in [-0.1, -0.05) is 49.7 Å². The number of benzene rings is 2. The van der Waals surface area contributed by atoms with Gasteiger partial charge in [0.15, 0.2) is 0 Å². The first-order valence-corrected chi connectivity index (χ1v) is 11.0. The van der Waals surface area contributed by atoms with Crippen LogP contribution in [0.1, 0.15) is 54.2 Å². The fourth-order valence-corrected chi connectivity index (χ4v) is 4.34. The molecule has 1 unspecified atom stereocenters. The van der Waals surface area contributed by atoms with E-state index in [4.69, 9.17) is 11.6 Å². The number of carbonyl (C=O) groups excluding carboxylic acids is 1. The maximum atomic E-state index is 12.8. The molecule has 27 heavy (non-hydrogen) atoms. The first-order chi connectivity index (χ1) is 12.6. The second-order valence-corrected chi connectivity index (χ2v) is 9.76. The average molecular weight is 407 g/mol. The van der Waals surface area contributed by atoms with Crippen molar-refractivity contribution in [3.8, 4) is 0 Å². The Labute approximate surface area is 165 Å². The van der Waals surface area contributed by atoms with Crippen molar-refractivity contribution in [3.05, 3.63) is 64.2 Å². The highest BCUT2D eigenvalue weighted by atomic mass is 35.5. The van der Waals surface area contributed by atoms with Gasteiger partial charge >= 0.3 is 0 Å². The molecule has 1 atom stereocenters. The van der Waals surface area contributed by atoms with Crippen LogP contribution in [0.5, 0.6) is 0 Å². The van der Waals surface area contributed by atoms with Crippen molar-refractivity contribution >= 4 is 33.2 Å². The van der Waals surface area contributed by atoms with Crippen molar-refractivity contribution in [1.82, 2.24) is 5.32 Å². The Morgan fingerprint density at radius 2 is 1.89 bits per heavy atom. The number of hydrogen-bond acceptors (Lipinski definition) is 3. The van der Waals surface area contributed by atoms with E-state index in [0.29, 0.717) is 5.56 Å². The Bertz CT molecular complexity index is 986. The number of hydrogen-bond donors (Lipinski definition) is 2. The van der Waals surface area contributed by atoms with Crippen LogP contribution in [0.3, 0.4) is 0 Å². The molecule has 0 saturated carbocycles. The summed E-state index contributed by atoms with van der Waals surface area (Å²) < 4.78 is 25.3. The molecule has 5 nitrogen and oxygen atoms in total. The smallest absolute Gasteiger partial charge is 0.251 e. The predicted octanol–water partition coefficient (Wildman–Crippen LogP) is 4.25. The number of sulfonamides is 1. The van der Waals surface area contributed by atoms with Gasteiger partial charge in [0.05, 0.1) is 23.0 Å². The van der Waals surface area contributed by atoms with E-state index in [2.05, 4.69) is 36.0 Å². The number of anilines is 1. The molecule has 2 N–H and O–H groups in total. The predicted molar refractivity (Wildman–Crippen MR) is 109 cm³/mol. The Kier molecular flexibility index (Phi) is 5.23. The summed E-state index contributed by atoms with van der Waals surface area (Å²) in [4.78, 5) is 12.8. The van der Waals surface area contributed by atoms with Crippen LogP contribution in [0.15, 0.2) is 42.5 Å². The Balaban J connectivity index is 1.85. The topological polar surface area (TPSA) is 75.3 Å². The van der Waals surface area contributed by atoms with Gasteiger partial charge in [-0.2, -0.15) is 0 Å². The van der Waals surface area contributed by atoms with Gasteiger partial charge in [0, 0.05) is 5.56 Å². The second-order valence-electron chi connectivity index (χ2n) is 7.60. The number of nitrogens with one attached hydrogen (secondary N) is 2. The molecule has 0 heterocycles. The SMILES string of the molecule is CC1(C)CCC(NC(=O)c2ccc(Cl)c(NS(C)(=O)=O)c2)c2ccccc21. The van der Waals surface area contributed by atoms with Crippen molar-refractivity contribution in [2.75, 3.05) is 11.0 Å². The summed E-state index contributed by atoms with van der Waals surface area (Å²) in [7, 11) is -3.49. The summed E-state index contributed by atoms with van der Waals surface area (Å²) in [5.41, 5.74) is 3.00. The van der Waals surface area contributed by atoms with Crippen LogP contribution in [0.2, 0.25) is 5.02 Å². The van der Waals surface area contributed by atoms with Crippen molar-refractivity contribution in [2.24, 2.45) is 0 Å². The van der Waals surface area contributed by atoms with Crippen LogP contribution in [-0.4, -0.2) is 20.6 Å². The lowest BCUT2D eigenvalue weighted by molar-refractivity contribution is 0.0929. The number of halogens is 1. The highest BCUT2D eigenvalue weighted by Crippen LogP contribution is 2.41. The molecule has 0 saturated heterocycles. The lowest BCUT2D eigenvalue weighted by atomic mass is 9.71. The van der Waals surface area contributed by atoms with Gasteiger partial charge < -0.3 is 5.32 Å². The third-order valence-corrected chi connectivity index (χ3v) is 5.87. The molecule has 144 valence electrons. The van der Waals surface area contributed by atoms with Gasteiger partial charge in [0.1, 0.15) is 0 Å². The molecule has 0 aromatic heterocycles. The van der Waals surface area contributed by atoms with Crippen LogP contribution in [0, 0.1) is 0 Å². The van der Waals surface area contributed by atoms with E-state index < -0.39 is 10.0 Å². The van der Waals surface area contributed by atoms with E-state index in [1.54, 1.807) is 6.07 Å². The average Bonchev–Trinajstić information content (AvgIpc) is 2.58. The molecule has 1 aliphatic carbocycles. The fourth-order valence-electron chi connectivity index (χ4n) is 3.55. The zero-order chi connectivity index (χ0) is 19.8. The fraction of sp³-hybridized carbons (Fsp3) is 0.350. The third kappa shape index (κ3) is 4.45. The highest BCUT2D eigenvalue weighted by Gasteiger charge is 2.33. The highest BCUT2D eigenvalue weighted by molar-refractivity contribution is 7.92. The molecule has 0 fully saturated rings. The minimum atomic E-state index is -3.49. The number of fused-ring (bicyclic) bond motifs is 1. The summed E-state index contributed by atoms with van der Waals surface area (Å²) in [6, 6.07) is 12.7. The number of carbonyl (C=O) groups is 1. The molecule has 2 aromatic rings. The van der Waals surface area contributed by atoms with Crippen LogP contribution >= 0.6 is 11.6 Å². The molecule has 1 aliphatic rings. The molecule has 1 amide bonds. The van der Waals surface area contributed by atoms with Crippen LogP contribution in [0.4, 0.5) is 5.69 Å². The molecule has 0 bridgehead atoms. The molecule has 7 heteroatoms. The van der Waals surface area contributed by atoms with E-state index in [1.165, 1.54) is 17.7 Å². The molecule has 0 aliphatic heterocycles. The van der Waals surface area contributed by atoms with Crippen molar-refractivity contribution in [1.29, 1.82) is 0 Å². The van der Waals surface area contributed by atoms with E-state index in [1.807, 2.05) is 12.1 Å². The third-order valence-electron chi connectivity index (χ3n) is 4.95. The van der Waals surface area contributed by atoms with Crippen LogP contribution in [0.25, 0.3) is 0 Å². The van der Waals surface area contributed by atoms with Gasteiger partial charge in [0.2, 0.25) is 10.0 Å². The van der Waals surface area contributed by atoms with Gasteiger partial charge in [-0.15, -0.1) is 0 Å². The van der Waals surface area contributed by atoms with Gasteiger partial charge in [-0.3, -0.25) is 9.52 Å². The monoisotopic (exact) mass is 406 g/mol. The maximum absolute atomic E-state index is 12.8. The van der Waals surface area contributed by atoms with Crippen molar-refractivity contribution in [2.45, 2.75) is 38.1 Å². The van der Waals surface area contributed by atoms with Crippen molar-refractivity contribution < 1.29 is 13.2 Å². The summed E-state index contributed by atoms with van der Waals surface area (Å²) in [6.07, 6.45) is 2.85. The minimum absolute atomic E-state index is 0.0741. The van der Waals surface area contributed by atoms with E-state index in [-0.39, 0.29) is 28.1 Å². The van der Waals surface area contributed by atoms with E-state index in [0.717, 1.165) is 24.7 Å². The zero-order valence-electron chi connectivity index (χ0n) is 15.5. The number of rotatable bonds is 4. The number of amides is 1. The Morgan fingerprint density at radius 1 is 1.19 bits per heavy atom. The summed E-state index contributed by atoms with van der Waals surface area (Å²) >= 11 is 6.04. The maximum Gasteiger partial charge on any atom is 0.251 e. The normalized spacial score (nSPS) is 18.4. The lowest BCUT2D eigenvalue weighted by Crippen LogP contribution is -2.35. The van der Waals surface area contributed by atoms with Crippen LogP contribution in [-0.2, 0) is 15.4 Å². The van der Waals surface area contributed by atoms with Gasteiger partial charge in [0.25, 0.3) is 5.91 Å². The summed E-state index contributed by atoms with van der Waals surface area (Å²) in [5, 5.41) is 3.32. The largest absolute Gasteiger partial charge is 0.345 e. The standard InChI is InChI=1S/C20H23ClN2O3S/c1-20(2)11-10-17(14-6-4-5-7-15(14)20)22-19(24)13-8-9-16(21)18(12-13)23-27(3,25)26/h4-9,12,17,23H,10-11H2,1-3H3,(H,22,24). The molecular formula is C20H23ClN2O3S. The second kappa shape index (κ2) is 7.17. The molecule has 2 aromatic carbocycles. The zero-order valence-corrected chi connectivity index (χ0v) is 17.1. The van der Waals surface area contributed by atoms with Gasteiger partial charge in [-0.05, 0) is 47.6 Å². The van der Waals surface area contributed by atoms with E-state index in [9.17, 15) is 13.2 Å². The van der Waals surface area contributed by atoms with Gasteiger partial charge in [-0.25, -0.2) is 8.42 Å². The Hall–Kier alpha value is -2.05.